The van der Waals surface area contributed by atoms with Crippen LogP contribution in [0.2, 0.25) is 0 Å². The summed E-state index contributed by atoms with van der Waals surface area (Å²) >= 11 is 4.82. The standard InChI is InChI=1S/C13H8BrF3N2S/c14-12-4-3-10(20-12)7-19-9-2-1-8(6-18)11(5-9)13(15,16)17/h1-5,19H,7H2. The molecule has 0 amide bonds. The second-order valence-corrected chi connectivity index (χ2v) is 6.48. The highest BCUT2D eigenvalue weighted by Crippen LogP contribution is 2.33. The number of anilines is 1. The maximum Gasteiger partial charge on any atom is 0.417 e. The van der Waals surface area contributed by atoms with Crippen LogP contribution in [-0.4, -0.2) is 0 Å². The molecule has 1 N–H and O–H groups in total. The van der Waals surface area contributed by atoms with Gasteiger partial charge in [0.2, 0.25) is 0 Å². The Morgan fingerprint density at radius 3 is 2.55 bits per heavy atom. The molecule has 0 saturated carbocycles. The Balaban J connectivity index is 2.19. The van der Waals surface area contributed by atoms with Gasteiger partial charge in [-0.15, -0.1) is 11.3 Å². The van der Waals surface area contributed by atoms with Gasteiger partial charge in [0.25, 0.3) is 0 Å². The molecule has 0 radical (unpaired) electrons. The average molecular weight is 361 g/mol. The van der Waals surface area contributed by atoms with Gasteiger partial charge in [0.15, 0.2) is 0 Å². The van der Waals surface area contributed by atoms with Crippen LogP contribution in [0.1, 0.15) is 16.0 Å². The monoisotopic (exact) mass is 360 g/mol. The van der Waals surface area contributed by atoms with E-state index in [4.69, 9.17) is 5.26 Å². The van der Waals surface area contributed by atoms with Crippen molar-refractivity contribution in [3.05, 3.63) is 50.1 Å². The Morgan fingerprint density at radius 1 is 1.25 bits per heavy atom. The molecule has 0 saturated heterocycles. The van der Waals surface area contributed by atoms with Crippen LogP contribution in [0.3, 0.4) is 0 Å². The number of hydrogen-bond donors (Lipinski definition) is 1. The van der Waals surface area contributed by atoms with Crippen LogP contribution in [0.4, 0.5) is 18.9 Å². The van der Waals surface area contributed by atoms with E-state index in [1.54, 1.807) is 6.07 Å². The van der Waals surface area contributed by atoms with Crippen molar-refractivity contribution >= 4 is 33.0 Å². The maximum absolute atomic E-state index is 12.8. The predicted molar refractivity (Wildman–Crippen MR) is 75.5 cm³/mol. The van der Waals surface area contributed by atoms with Gasteiger partial charge in [-0.25, -0.2) is 0 Å². The minimum Gasteiger partial charge on any atom is -0.380 e. The van der Waals surface area contributed by atoms with Gasteiger partial charge >= 0.3 is 6.18 Å². The first-order valence-electron chi connectivity index (χ1n) is 5.49. The molecule has 1 heterocycles. The maximum atomic E-state index is 12.8. The van der Waals surface area contributed by atoms with Crippen LogP contribution in [-0.2, 0) is 12.7 Å². The number of halogens is 4. The van der Waals surface area contributed by atoms with Crippen molar-refractivity contribution in [1.29, 1.82) is 5.26 Å². The van der Waals surface area contributed by atoms with Crippen LogP contribution in [0.15, 0.2) is 34.1 Å². The number of alkyl halides is 3. The van der Waals surface area contributed by atoms with Crippen LogP contribution in [0.25, 0.3) is 0 Å². The van der Waals surface area contributed by atoms with Crippen LogP contribution >= 0.6 is 27.3 Å². The molecule has 0 unspecified atom stereocenters. The summed E-state index contributed by atoms with van der Waals surface area (Å²) in [7, 11) is 0. The molecule has 0 bridgehead atoms. The largest absolute Gasteiger partial charge is 0.417 e. The zero-order chi connectivity index (χ0) is 14.8. The van der Waals surface area contributed by atoms with E-state index in [2.05, 4.69) is 21.2 Å². The quantitative estimate of drug-likeness (QED) is 0.834. The van der Waals surface area contributed by atoms with E-state index < -0.39 is 11.7 Å². The number of benzene rings is 1. The summed E-state index contributed by atoms with van der Waals surface area (Å²) in [6, 6.07) is 8.92. The molecule has 2 aromatic rings. The first kappa shape index (κ1) is 14.9. The third-order valence-corrected chi connectivity index (χ3v) is 4.16. The van der Waals surface area contributed by atoms with Crippen molar-refractivity contribution in [2.45, 2.75) is 12.7 Å². The first-order valence-corrected chi connectivity index (χ1v) is 7.10. The van der Waals surface area contributed by atoms with E-state index in [0.29, 0.717) is 12.2 Å². The second kappa shape index (κ2) is 5.85. The van der Waals surface area contributed by atoms with Gasteiger partial charge in [-0.1, -0.05) is 0 Å². The molecule has 20 heavy (non-hydrogen) atoms. The molecular weight excluding hydrogens is 353 g/mol. The predicted octanol–water partition coefficient (Wildman–Crippen LogP) is 5.01. The average Bonchev–Trinajstić information content (AvgIpc) is 2.81. The lowest BCUT2D eigenvalue weighted by molar-refractivity contribution is -0.137. The number of nitrogens with zero attached hydrogens (tertiary/aromatic N) is 1. The van der Waals surface area contributed by atoms with E-state index in [0.717, 1.165) is 14.7 Å². The SMILES string of the molecule is N#Cc1ccc(NCc2ccc(Br)s2)cc1C(F)(F)F. The van der Waals surface area contributed by atoms with Crippen LogP contribution in [0, 0.1) is 11.3 Å². The minimum atomic E-state index is -4.53. The second-order valence-electron chi connectivity index (χ2n) is 3.93. The Morgan fingerprint density at radius 2 is 2.00 bits per heavy atom. The third kappa shape index (κ3) is 3.52. The van der Waals surface area contributed by atoms with E-state index in [-0.39, 0.29) is 5.56 Å². The van der Waals surface area contributed by atoms with E-state index >= 15 is 0 Å². The molecule has 104 valence electrons. The van der Waals surface area contributed by atoms with Gasteiger partial charge in [-0.3, -0.25) is 0 Å². The lowest BCUT2D eigenvalue weighted by atomic mass is 10.1. The van der Waals surface area contributed by atoms with Gasteiger partial charge in [0.05, 0.1) is 21.0 Å². The highest BCUT2D eigenvalue weighted by molar-refractivity contribution is 9.11. The lowest BCUT2D eigenvalue weighted by Crippen LogP contribution is -2.09. The molecule has 1 aromatic heterocycles. The molecule has 2 nitrogen and oxygen atoms in total. The summed E-state index contributed by atoms with van der Waals surface area (Å²) in [6.07, 6.45) is -4.53. The molecule has 1 aromatic carbocycles. The number of thiophene rings is 1. The Labute approximate surface area is 126 Å². The van der Waals surface area contributed by atoms with E-state index in [9.17, 15) is 13.2 Å². The molecule has 0 atom stereocenters. The smallest absolute Gasteiger partial charge is 0.380 e. The van der Waals surface area contributed by atoms with Crippen molar-refractivity contribution in [2.75, 3.05) is 5.32 Å². The Hall–Kier alpha value is -1.52. The minimum absolute atomic E-state index is 0.334. The molecule has 0 fully saturated rings. The fourth-order valence-corrected chi connectivity index (χ4v) is 3.05. The fraction of sp³-hybridized carbons (Fsp3) is 0.154. The zero-order valence-electron chi connectivity index (χ0n) is 9.96. The molecule has 0 aliphatic carbocycles. The third-order valence-electron chi connectivity index (χ3n) is 2.54. The number of nitrogens with one attached hydrogen (secondary N) is 1. The number of hydrogen-bond acceptors (Lipinski definition) is 3. The van der Waals surface area contributed by atoms with Crippen molar-refractivity contribution in [2.24, 2.45) is 0 Å². The summed E-state index contributed by atoms with van der Waals surface area (Å²) < 4.78 is 39.4. The summed E-state index contributed by atoms with van der Waals surface area (Å²) in [5.74, 6) is 0. The van der Waals surface area contributed by atoms with Crippen molar-refractivity contribution in [3.8, 4) is 6.07 Å². The summed E-state index contributed by atoms with van der Waals surface area (Å²) in [5, 5.41) is 11.6. The van der Waals surface area contributed by atoms with Crippen molar-refractivity contribution < 1.29 is 13.2 Å². The van der Waals surface area contributed by atoms with Crippen LogP contribution in [0.5, 0.6) is 0 Å². The normalized spacial score (nSPS) is 11.2. The summed E-state index contributed by atoms with van der Waals surface area (Å²) in [4.78, 5) is 0.995. The van der Waals surface area contributed by atoms with E-state index in [1.807, 2.05) is 12.1 Å². The molecule has 0 aliphatic rings. The van der Waals surface area contributed by atoms with E-state index in [1.165, 1.54) is 23.5 Å². The fourth-order valence-electron chi connectivity index (χ4n) is 1.62. The van der Waals surface area contributed by atoms with Gasteiger partial charge < -0.3 is 5.32 Å². The zero-order valence-corrected chi connectivity index (χ0v) is 12.4. The Bertz CT molecular complexity index is 658. The molecular formula is C13H8BrF3N2S. The highest BCUT2D eigenvalue weighted by Gasteiger charge is 2.33. The van der Waals surface area contributed by atoms with Gasteiger partial charge in [0, 0.05) is 17.1 Å². The topological polar surface area (TPSA) is 35.8 Å². The Kier molecular flexibility index (Phi) is 4.35. The molecule has 0 aliphatic heterocycles. The number of rotatable bonds is 3. The lowest BCUT2D eigenvalue weighted by Gasteiger charge is -2.11. The molecule has 7 heteroatoms. The first-order chi connectivity index (χ1) is 9.40. The highest BCUT2D eigenvalue weighted by atomic mass is 79.9. The van der Waals surface area contributed by atoms with Gasteiger partial charge in [-0.2, -0.15) is 18.4 Å². The van der Waals surface area contributed by atoms with Crippen molar-refractivity contribution in [1.82, 2.24) is 0 Å². The van der Waals surface area contributed by atoms with Crippen molar-refractivity contribution in [3.63, 3.8) is 0 Å². The van der Waals surface area contributed by atoms with Gasteiger partial charge in [-0.05, 0) is 46.3 Å². The summed E-state index contributed by atoms with van der Waals surface area (Å²) in [6.45, 7) is 0.430. The van der Waals surface area contributed by atoms with Gasteiger partial charge in [0.1, 0.15) is 0 Å². The summed E-state index contributed by atoms with van der Waals surface area (Å²) in [5.41, 5.74) is -0.958. The molecule has 0 spiro atoms. The number of nitriles is 1. The molecule has 2 rings (SSSR count). The van der Waals surface area contributed by atoms with Crippen LogP contribution < -0.4 is 5.32 Å².